The molecule has 9 heteroatoms. The monoisotopic (exact) mass is 427 g/mol. The molecular formula is C18H16Cl3N3O3. The molecule has 0 aromatic heterocycles. The van der Waals surface area contributed by atoms with Gasteiger partial charge in [-0.15, -0.1) is 0 Å². The SMILES string of the molecule is CCNC(=O)C(=O)N/N=C\c1cc(Cl)ccc1OCc1c(Cl)cccc1Cl. The van der Waals surface area contributed by atoms with Gasteiger partial charge in [0.25, 0.3) is 0 Å². The Morgan fingerprint density at radius 1 is 1.11 bits per heavy atom. The molecule has 2 amide bonds. The Hall–Kier alpha value is -2.28. The van der Waals surface area contributed by atoms with Gasteiger partial charge < -0.3 is 10.1 Å². The minimum Gasteiger partial charge on any atom is -0.488 e. The van der Waals surface area contributed by atoms with Gasteiger partial charge in [0.1, 0.15) is 12.4 Å². The lowest BCUT2D eigenvalue weighted by atomic mass is 10.2. The second kappa shape index (κ2) is 10.2. The number of ether oxygens (including phenoxy) is 1. The van der Waals surface area contributed by atoms with Gasteiger partial charge in [0.05, 0.1) is 6.21 Å². The van der Waals surface area contributed by atoms with Gasteiger partial charge in [-0.25, -0.2) is 5.43 Å². The highest BCUT2D eigenvalue weighted by Gasteiger charge is 2.11. The fourth-order valence-electron chi connectivity index (χ4n) is 2.02. The number of carbonyl (C=O) groups excluding carboxylic acids is 2. The van der Waals surface area contributed by atoms with E-state index in [0.29, 0.717) is 38.5 Å². The van der Waals surface area contributed by atoms with Gasteiger partial charge >= 0.3 is 11.8 Å². The van der Waals surface area contributed by atoms with Crippen LogP contribution in [0.3, 0.4) is 0 Å². The van der Waals surface area contributed by atoms with Gasteiger partial charge in [0.2, 0.25) is 0 Å². The maximum absolute atomic E-state index is 11.5. The number of nitrogens with one attached hydrogen (secondary N) is 2. The number of hydrazone groups is 1. The number of hydrogen-bond acceptors (Lipinski definition) is 4. The summed E-state index contributed by atoms with van der Waals surface area (Å²) in [5, 5.41) is 7.56. The molecule has 0 aliphatic heterocycles. The summed E-state index contributed by atoms with van der Waals surface area (Å²) >= 11 is 18.3. The number of likely N-dealkylation sites (N-methyl/N-ethyl adjacent to an activating group) is 1. The molecule has 0 heterocycles. The molecule has 0 atom stereocenters. The number of carbonyl (C=O) groups is 2. The molecule has 0 spiro atoms. The molecule has 6 nitrogen and oxygen atoms in total. The van der Waals surface area contributed by atoms with Crippen molar-refractivity contribution in [3.05, 3.63) is 62.6 Å². The summed E-state index contributed by atoms with van der Waals surface area (Å²) in [6.07, 6.45) is 1.33. The van der Waals surface area contributed by atoms with Crippen LogP contribution in [0.4, 0.5) is 0 Å². The summed E-state index contributed by atoms with van der Waals surface area (Å²) in [6, 6.07) is 10.1. The van der Waals surface area contributed by atoms with Gasteiger partial charge in [0, 0.05) is 32.7 Å². The van der Waals surface area contributed by atoms with Gasteiger partial charge in [-0.1, -0.05) is 40.9 Å². The van der Waals surface area contributed by atoms with Crippen LogP contribution in [0.2, 0.25) is 15.1 Å². The van der Waals surface area contributed by atoms with Crippen molar-refractivity contribution in [3.63, 3.8) is 0 Å². The molecule has 0 aliphatic carbocycles. The largest absolute Gasteiger partial charge is 0.488 e. The van der Waals surface area contributed by atoms with Crippen molar-refractivity contribution < 1.29 is 14.3 Å². The van der Waals surface area contributed by atoms with Gasteiger partial charge in [0.15, 0.2) is 0 Å². The standard InChI is InChI=1S/C18H16Cl3N3O3/c1-2-22-17(25)18(26)24-23-9-11-8-12(19)6-7-16(11)27-10-13-14(20)4-3-5-15(13)21/h3-9H,2,10H2,1H3,(H,22,25)(H,24,26)/b23-9-. The third-order valence-corrected chi connectivity index (χ3v) is 4.26. The van der Waals surface area contributed by atoms with Gasteiger partial charge in [-0.05, 0) is 37.3 Å². The van der Waals surface area contributed by atoms with Crippen LogP contribution in [0.15, 0.2) is 41.5 Å². The van der Waals surface area contributed by atoms with Crippen molar-refractivity contribution in [3.8, 4) is 5.75 Å². The number of hydrogen-bond donors (Lipinski definition) is 2. The molecule has 0 unspecified atom stereocenters. The number of halogens is 3. The number of benzene rings is 2. The first-order valence-electron chi connectivity index (χ1n) is 7.88. The fraction of sp³-hybridized carbons (Fsp3) is 0.167. The van der Waals surface area contributed by atoms with E-state index in [1.807, 2.05) is 0 Å². The van der Waals surface area contributed by atoms with E-state index in [1.165, 1.54) is 6.21 Å². The summed E-state index contributed by atoms with van der Waals surface area (Å²) in [5.74, 6) is -1.20. The summed E-state index contributed by atoms with van der Waals surface area (Å²) in [5.41, 5.74) is 3.28. The highest BCUT2D eigenvalue weighted by atomic mass is 35.5. The number of amides is 2. The molecule has 0 radical (unpaired) electrons. The lowest BCUT2D eigenvalue weighted by Gasteiger charge is -2.11. The molecule has 0 bridgehead atoms. The Morgan fingerprint density at radius 2 is 1.81 bits per heavy atom. The maximum Gasteiger partial charge on any atom is 0.329 e. The smallest absolute Gasteiger partial charge is 0.329 e. The first-order chi connectivity index (χ1) is 12.9. The average Bonchev–Trinajstić information content (AvgIpc) is 2.62. The van der Waals surface area contributed by atoms with Crippen LogP contribution < -0.4 is 15.5 Å². The minimum atomic E-state index is -0.875. The average molecular weight is 429 g/mol. The zero-order valence-corrected chi connectivity index (χ0v) is 16.5. The molecule has 142 valence electrons. The molecule has 2 aromatic carbocycles. The van der Waals surface area contributed by atoms with Crippen LogP contribution in [0, 0.1) is 0 Å². The van der Waals surface area contributed by atoms with Crippen LogP contribution in [0.5, 0.6) is 5.75 Å². The molecule has 0 saturated carbocycles. The molecule has 2 aromatic rings. The topological polar surface area (TPSA) is 79.8 Å². The highest BCUT2D eigenvalue weighted by molar-refractivity contribution is 6.36. The maximum atomic E-state index is 11.5. The number of rotatable bonds is 6. The third-order valence-electron chi connectivity index (χ3n) is 3.32. The Morgan fingerprint density at radius 3 is 2.48 bits per heavy atom. The van der Waals surface area contributed by atoms with Crippen molar-refractivity contribution in [1.29, 1.82) is 0 Å². The predicted octanol–water partition coefficient (Wildman–Crippen LogP) is 3.81. The van der Waals surface area contributed by atoms with Crippen molar-refractivity contribution in [2.45, 2.75) is 13.5 Å². The molecular weight excluding hydrogens is 413 g/mol. The van der Waals surface area contributed by atoms with Crippen molar-refractivity contribution >= 4 is 52.8 Å². The molecule has 0 saturated heterocycles. The molecule has 27 heavy (non-hydrogen) atoms. The normalized spacial score (nSPS) is 10.7. The first kappa shape index (κ1) is 21.0. The van der Waals surface area contributed by atoms with E-state index < -0.39 is 11.8 Å². The predicted molar refractivity (Wildman–Crippen MR) is 107 cm³/mol. The first-order valence-corrected chi connectivity index (χ1v) is 9.02. The van der Waals surface area contributed by atoms with Crippen LogP contribution >= 0.6 is 34.8 Å². The summed E-state index contributed by atoms with van der Waals surface area (Å²) in [6.45, 7) is 2.17. The lowest BCUT2D eigenvalue weighted by Crippen LogP contribution is -2.37. The summed E-state index contributed by atoms with van der Waals surface area (Å²) in [7, 11) is 0. The minimum absolute atomic E-state index is 0.131. The van der Waals surface area contributed by atoms with Crippen LogP contribution in [-0.4, -0.2) is 24.6 Å². The fourth-order valence-corrected chi connectivity index (χ4v) is 2.71. The Labute approximate surface area is 171 Å². The van der Waals surface area contributed by atoms with E-state index >= 15 is 0 Å². The van der Waals surface area contributed by atoms with Crippen molar-refractivity contribution in [1.82, 2.24) is 10.7 Å². The second-order valence-electron chi connectivity index (χ2n) is 5.23. The number of nitrogens with zero attached hydrogens (tertiary/aromatic N) is 1. The Bertz CT molecular complexity index is 852. The molecule has 2 rings (SSSR count). The Kier molecular flexibility index (Phi) is 7.91. The van der Waals surface area contributed by atoms with E-state index in [0.717, 1.165) is 0 Å². The summed E-state index contributed by atoms with van der Waals surface area (Å²) in [4.78, 5) is 22.9. The van der Waals surface area contributed by atoms with Crippen LogP contribution in [0.25, 0.3) is 0 Å². The van der Waals surface area contributed by atoms with Crippen LogP contribution in [0.1, 0.15) is 18.1 Å². The third kappa shape index (κ3) is 6.13. The second-order valence-corrected chi connectivity index (χ2v) is 6.48. The van der Waals surface area contributed by atoms with Crippen molar-refractivity contribution in [2.75, 3.05) is 6.54 Å². The van der Waals surface area contributed by atoms with E-state index in [9.17, 15) is 9.59 Å². The molecule has 0 fully saturated rings. The molecule has 0 aliphatic rings. The summed E-state index contributed by atoms with van der Waals surface area (Å²) < 4.78 is 5.77. The van der Waals surface area contributed by atoms with Gasteiger partial charge in [-0.2, -0.15) is 5.10 Å². The van der Waals surface area contributed by atoms with Crippen LogP contribution in [-0.2, 0) is 16.2 Å². The van der Waals surface area contributed by atoms with E-state index in [-0.39, 0.29) is 6.61 Å². The zero-order chi connectivity index (χ0) is 19.8. The molecule has 2 N–H and O–H groups in total. The highest BCUT2D eigenvalue weighted by Crippen LogP contribution is 2.27. The van der Waals surface area contributed by atoms with E-state index in [2.05, 4.69) is 15.8 Å². The quantitative estimate of drug-likeness (QED) is 0.417. The van der Waals surface area contributed by atoms with Crippen molar-refractivity contribution in [2.24, 2.45) is 5.10 Å². The Balaban J connectivity index is 2.11. The van der Waals surface area contributed by atoms with E-state index in [4.69, 9.17) is 39.5 Å². The van der Waals surface area contributed by atoms with Gasteiger partial charge in [-0.3, -0.25) is 9.59 Å². The van der Waals surface area contributed by atoms with E-state index in [1.54, 1.807) is 43.3 Å². The zero-order valence-electron chi connectivity index (χ0n) is 14.3. The lowest BCUT2D eigenvalue weighted by molar-refractivity contribution is -0.139.